The fraction of sp³-hybridized carbons (Fsp3) is 0.341. The molecule has 3 aromatic carbocycles. The van der Waals surface area contributed by atoms with Gasteiger partial charge in [0.1, 0.15) is 33.0 Å². The number of ether oxygens (including phenoxy) is 4. The normalized spacial score (nSPS) is 15.3. The van der Waals surface area contributed by atoms with Crippen LogP contribution in [-0.4, -0.2) is 57.7 Å². The van der Waals surface area contributed by atoms with Crippen molar-refractivity contribution in [1.29, 1.82) is 0 Å². The number of benzene rings is 3. The van der Waals surface area contributed by atoms with Crippen molar-refractivity contribution in [3.63, 3.8) is 0 Å². The summed E-state index contributed by atoms with van der Waals surface area (Å²) in [5.41, 5.74) is 1.88. The number of aromatic hydroxyl groups is 1. The van der Waals surface area contributed by atoms with Crippen molar-refractivity contribution < 1.29 is 58.2 Å². The van der Waals surface area contributed by atoms with Gasteiger partial charge in [-0.25, -0.2) is 19.2 Å². The van der Waals surface area contributed by atoms with Gasteiger partial charge in [0, 0.05) is 6.08 Å². The van der Waals surface area contributed by atoms with E-state index in [2.05, 4.69) is 15.9 Å². The van der Waals surface area contributed by atoms with Crippen molar-refractivity contribution in [2.75, 3.05) is 7.11 Å². The molecule has 0 aromatic heterocycles. The molecule has 0 fully saturated rings. The van der Waals surface area contributed by atoms with Gasteiger partial charge in [-0.1, -0.05) is 13.8 Å². The molecule has 3 aromatic rings. The number of aliphatic hydroxyl groups is 1. The summed E-state index contributed by atoms with van der Waals surface area (Å²) >= 11 is 3.23. The molecular weight excluding hydrogens is 764 g/mol. The number of carbonyl (C=O) groups is 5. The molecule has 0 heterocycles. The monoisotopic (exact) mass is 806 g/mol. The number of halogens is 1. The van der Waals surface area contributed by atoms with Gasteiger partial charge in [0.05, 0.1) is 18.2 Å². The van der Waals surface area contributed by atoms with Crippen LogP contribution in [0.15, 0.2) is 34.0 Å². The van der Waals surface area contributed by atoms with Crippen molar-refractivity contribution in [3.8, 4) is 23.0 Å². The van der Waals surface area contributed by atoms with Gasteiger partial charge in [-0.05, 0) is 152 Å². The lowest BCUT2D eigenvalue weighted by Gasteiger charge is -2.30. The van der Waals surface area contributed by atoms with Gasteiger partial charge in [0.15, 0.2) is 11.5 Å². The molecule has 13 heteroatoms. The molecule has 286 valence electrons. The number of hydrogen-bond donors (Lipinski definition) is 3. The fourth-order valence-electron chi connectivity index (χ4n) is 6.80. The molecule has 12 nitrogen and oxygen atoms in total. The highest BCUT2D eigenvalue weighted by Crippen LogP contribution is 2.44. The number of phenols is 1. The van der Waals surface area contributed by atoms with E-state index in [-0.39, 0.29) is 60.9 Å². The van der Waals surface area contributed by atoms with E-state index >= 15 is 0 Å². The van der Waals surface area contributed by atoms with Gasteiger partial charge >= 0.3 is 23.9 Å². The Bertz CT molecular complexity index is 2170. The number of aromatic carboxylic acids is 1. The minimum atomic E-state index is -2.43. The number of rotatable bonds is 10. The van der Waals surface area contributed by atoms with Crippen LogP contribution in [0.5, 0.6) is 23.0 Å². The van der Waals surface area contributed by atoms with Gasteiger partial charge in [-0.15, -0.1) is 0 Å². The standard InChI is InChI=1S/C41H43BrO12/c1-12-26-27(13-2)30(38(47)53-35-22(8)19(5)31(37(45)46)20(6)23(35)9)17(3)14-28(26)52-39(48)32-21(7)24(10)36(33(42)34(32)44)54-40(49)41(50)18(4)15-25(43)16-29(41)51-11/h14-16,44,50H,12-13H2,1-11H3,(H,45,46)/t41-/m1/s1. The molecule has 54 heavy (non-hydrogen) atoms. The van der Waals surface area contributed by atoms with Gasteiger partial charge in [0.2, 0.25) is 5.60 Å². The highest BCUT2D eigenvalue weighted by molar-refractivity contribution is 9.10. The van der Waals surface area contributed by atoms with E-state index < -0.39 is 41.0 Å². The fourth-order valence-corrected chi connectivity index (χ4v) is 7.38. The first-order chi connectivity index (χ1) is 25.2. The molecule has 3 N–H and O–H groups in total. The van der Waals surface area contributed by atoms with Crippen LogP contribution in [0.3, 0.4) is 0 Å². The van der Waals surface area contributed by atoms with Crippen LogP contribution in [0.4, 0.5) is 0 Å². The maximum absolute atomic E-state index is 13.9. The van der Waals surface area contributed by atoms with Crippen molar-refractivity contribution in [2.24, 2.45) is 0 Å². The van der Waals surface area contributed by atoms with Gasteiger partial charge in [-0.3, -0.25) is 4.79 Å². The Kier molecular flexibility index (Phi) is 12.0. The van der Waals surface area contributed by atoms with Gasteiger partial charge in [0.25, 0.3) is 0 Å². The van der Waals surface area contributed by atoms with Gasteiger partial charge in [-0.2, -0.15) is 0 Å². The zero-order chi connectivity index (χ0) is 40.7. The highest BCUT2D eigenvalue weighted by Gasteiger charge is 2.48. The number of esters is 3. The van der Waals surface area contributed by atoms with Crippen LogP contribution < -0.4 is 14.2 Å². The van der Waals surface area contributed by atoms with Crippen LogP contribution >= 0.6 is 15.9 Å². The number of phenolic OH excluding ortho intramolecular Hbond substituents is 1. The summed E-state index contributed by atoms with van der Waals surface area (Å²) in [5, 5.41) is 32.3. The lowest BCUT2D eigenvalue weighted by Crippen LogP contribution is -2.47. The molecule has 0 unspecified atom stereocenters. The van der Waals surface area contributed by atoms with E-state index in [1.54, 1.807) is 47.6 Å². The summed E-state index contributed by atoms with van der Waals surface area (Å²) < 4.78 is 22.4. The quantitative estimate of drug-likeness (QED) is 0.138. The SMILES string of the molecule is CCc1c(OC(=O)c2c(C)c(C)c(OC(=O)[C@@]3(O)C(C)=CC(=O)C=C3OC)c(Br)c2O)cc(C)c(C(=O)Oc2c(C)c(C)c(C(=O)O)c(C)c2C)c1CC. The minimum Gasteiger partial charge on any atom is -0.506 e. The summed E-state index contributed by atoms with van der Waals surface area (Å²) in [6.45, 7) is 16.5. The Morgan fingerprint density at radius 2 is 1.24 bits per heavy atom. The molecule has 0 saturated carbocycles. The minimum absolute atomic E-state index is 0.0377. The Labute approximate surface area is 321 Å². The van der Waals surface area contributed by atoms with Crippen LogP contribution in [0.2, 0.25) is 0 Å². The first-order valence-corrected chi connectivity index (χ1v) is 17.9. The van der Waals surface area contributed by atoms with E-state index in [0.29, 0.717) is 51.8 Å². The van der Waals surface area contributed by atoms with Gasteiger partial charge < -0.3 is 34.3 Å². The Morgan fingerprint density at radius 3 is 1.76 bits per heavy atom. The zero-order valence-electron chi connectivity index (χ0n) is 32.0. The van der Waals surface area contributed by atoms with Crippen molar-refractivity contribution >= 4 is 45.6 Å². The molecule has 1 aliphatic rings. The second kappa shape index (κ2) is 15.6. The van der Waals surface area contributed by atoms with E-state index in [4.69, 9.17) is 18.9 Å². The number of carboxylic acid groups (broad SMARTS) is 1. The lowest BCUT2D eigenvalue weighted by molar-refractivity contribution is -0.151. The molecular formula is C41H43BrO12. The van der Waals surface area contributed by atoms with E-state index in [9.17, 15) is 39.3 Å². The summed E-state index contributed by atoms with van der Waals surface area (Å²) in [7, 11) is 1.19. The Morgan fingerprint density at radius 1 is 0.722 bits per heavy atom. The number of aryl methyl sites for hydroxylation is 1. The first-order valence-electron chi connectivity index (χ1n) is 17.1. The summed E-state index contributed by atoms with van der Waals surface area (Å²) in [6, 6.07) is 1.55. The van der Waals surface area contributed by atoms with E-state index in [1.807, 2.05) is 13.8 Å². The Hall–Kier alpha value is -5.27. The maximum Gasteiger partial charge on any atom is 0.356 e. The molecule has 0 radical (unpaired) electrons. The predicted octanol–water partition coefficient (Wildman–Crippen LogP) is 7.27. The molecule has 4 rings (SSSR count). The molecule has 0 bridgehead atoms. The number of hydrogen-bond acceptors (Lipinski definition) is 11. The smallest absolute Gasteiger partial charge is 0.356 e. The zero-order valence-corrected chi connectivity index (χ0v) is 33.6. The third kappa shape index (κ3) is 6.93. The topological polar surface area (TPSA) is 183 Å². The van der Waals surface area contributed by atoms with Crippen molar-refractivity contribution in [3.05, 3.63) is 101 Å². The summed E-state index contributed by atoms with van der Waals surface area (Å²) in [4.78, 5) is 65.1. The average Bonchev–Trinajstić information content (AvgIpc) is 3.11. The second-order valence-corrected chi connectivity index (χ2v) is 14.0. The third-order valence-electron chi connectivity index (χ3n) is 10.2. The van der Waals surface area contributed by atoms with Crippen LogP contribution in [0, 0.1) is 48.5 Å². The number of ketones is 1. The molecule has 0 spiro atoms. The van der Waals surface area contributed by atoms with Crippen LogP contribution in [0.1, 0.15) is 102 Å². The van der Waals surface area contributed by atoms with Crippen molar-refractivity contribution in [2.45, 2.75) is 87.7 Å². The van der Waals surface area contributed by atoms with E-state index in [0.717, 1.165) is 12.2 Å². The summed E-state index contributed by atoms with van der Waals surface area (Å²) in [6.07, 6.45) is 2.77. The molecule has 0 amide bonds. The number of methoxy groups -OCH3 is 1. The predicted molar refractivity (Wildman–Crippen MR) is 202 cm³/mol. The second-order valence-electron chi connectivity index (χ2n) is 13.2. The van der Waals surface area contributed by atoms with E-state index in [1.165, 1.54) is 21.0 Å². The summed E-state index contributed by atoms with van der Waals surface area (Å²) in [5.74, 6) is -5.02. The highest BCUT2D eigenvalue weighted by atomic mass is 79.9. The molecule has 1 atom stereocenters. The maximum atomic E-state index is 13.9. The first kappa shape index (κ1) is 41.5. The number of carbonyl (C=O) groups excluding carboxylic acids is 4. The third-order valence-corrected chi connectivity index (χ3v) is 10.9. The Balaban J connectivity index is 1.72. The largest absolute Gasteiger partial charge is 0.506 e. The number of allylic oxidation sites excluding steroid dienone is 2. The molecule has 0 saturated heterocycles. The van der Waals surface area contributed by atoms with Crippen LogP contribution in [-0.2, 0) is 27.2 Å². The van der Waals surface area contributed by atoms with Crippen LogP contribution in [0.25, 0.3) is 0 Å². The average molecular weight is 808 g/mol. The van der Waals surface area contributed by atoms with Crippen molar-refractivity contribution in [1.82, 2.24) is 0 Å². The molecule has 0 aliphatic heterocycles. The molecule has 1 aliphatic carbocycles. The lowest BCUT2D eigenvalue weighted by atomic mass is 9.87. The number of carboxylic acids is 1.